The van der Waals surface area contributed by atoms with E-state index in [1.165, 1.54) is 37.1 Å². The van der Waals surface area contributed by atoms with E-state index >= 15 is 0 Å². The van der Waals surface area contributed by atoms with E-state index in [2.05, 4.69) is 27.4 Å². The molecule has 1 aliphatic heterocycles. The zero-order valence-corrected chi connectivity index (χ0v) is 15.2. The molecule has 1 aromatic heterocycles. The average molecular weight is 369 g/mol. The highest BCUT2D eigenvalue weighted by atomic mass is 16.6. The van der Waals surface area contributed by atoms with Gasteiger partial charge in [-0.1, -0.05) is 13.0 Å². The summed E-state index contributed by atoms with van der Waals surface area (Å²) in [6, 6.07) is 9.26. The van der Waals surface area contributed by atoms with E-state index in [1.54, 1.807) is 6.20 Å². The summed E-state index contributed by atoms with van der Waals surface area (Å²) < 4.78 is 0. The fourth-order valence-electron chi connectivity index (χ4n) is 2.97. The van der Waals surface area contributed by atoms with Gasteiger partial charge in [-0.25, -0.2) is 9.78 Å². The van der Waals surface area contributed by atoms with E-state index in [4.69, 9.17) is 0 Å². The quantitative estimate of drug-likeness (QED) is 0.620. The third-order valence-corrected chi connectivity index (χ3v) is 4.71. The first-order valence-corrected chi connectivity index (χ1v) is 9.00. The Hall–Kier alpha value is -3.16. The molecule has 2 heterocycles. The van der Waals surface area contributed by atoms with Crippen LogP contribution in [0.3, 0.4) is 0 Å². The molecule has 0 unspecified atom stereocenters. The molecule has 0 radical (unpaired) electrons. The van der Waals surface area contributed by atoms with E-state index in [9.17, 15) is 14.9 Å². The number of hydrogen-bond donors (Lipinski definition) is 2. The minimum absolute atomic E-state index is 0.0183. The van der Waals surface area contributed by atoms with Crippen LogP contribution in [0.5, 0.6) is 0 Å². The number of non-ortho nitro benzene ring substituents is 1. The lowest BCUT2D eigenvalue weighted by Crippen LogP contribution is -2.33. The predicted molar refractivity (Wildman–Crippen MR) is 104 cm³/mol. The molecule has 0 bridgehead atoms. The van der Waals surface area contributed by atoms with Gasteiger partial charge in [-0.3, -0.25) is 10.1 Å². The van der Waals surface area contributed by atoms with Gasteiger partial charge in [-0.2, -0.15) is 0 Å². The van der Waals surface area contributed by atoms with Gasteiger partial charge in [-0.05, 0) is 42.5 Å². The van der Waals surface area contributed by atoms with Gasteiger partial charge in [0.2, 0.25) is 0 Å². The van der Waals surface area contributed by atoms with Gasteiger partial charge in [0.15, 0.2) is 0 Å². The Balaban J connectivity index is 1.47. The van der Waals surface area contributed by atoms with Gasteiger partial charge in [-0.15, -0.1) is 0 Å². The second kappa shape index (κ2) is 8.48. The van der Waals surface area contributed by atoms with Crippen LogP contribution in [0.2, 0.25) is 0 Å². The number of nitro groups is 1. The number of rotatable bonds is 5. The Kier molecular flexibility index (Phi) is 5.85. The Morgan fingerprint density at radius 1 is 1.22 bits per heavy atom. The van der Waals surface area contributed by atoms with Gasteiger partial charge < -0.3 is 15.5 Å². The summed E-state index contributed by atoms with van der Waals surface area (Å²) in [4.78, 5) is 28.9. The molecule has 2 amide bonds. The topological polar surface area (TPSA) is 100 Å². The van der Waals surface area contributed by atoms with Gasteiger partial charge in [0, 0.05) is 43.7 Å². The number of nitrogens with zero attached hydrogens (tertiary/aromatic N) is 3. The lowest BCUT2D eigenvalue weighted by atomic mass is 9.99. The molecule has 142 valence electrons. The molecule has 2 N–H and O–H groups in total. The maximum Gasteiger partial charge on any atom is 0.319 e. The summed E-state index contributed by atoms with van der Waals surface area (Å²) in [5.41, 5.74) is 1.38. The predicted octanol–water partition coefficient (Wildman–Crippen LogP) is 3.55. The summed E-state index contributed by atoms with van der Waals surface area (Å²) in [6.07, 6.45) is 4.15. The summed E-state index contributed by atoms with van der Waals surface area (Å²) in [5.74, 6) is 1.75. The number of piperidine rings is 1. The van der Waals surface area contributed by atoms with E-state index in [-0.39, 0.29) is 11.7 Å². The van der Waals surface area contributed by atoms with Crippen molar-refractivity contribution in [2.75, 3.05) is 23.3 Å². The summed E-state index contributed by atoms with van der Waals surface area (Å²) in [6.45, 7) is 4.69. The maximum absolute atomic E-state index is 12.0. The highest BCUT2D eigenvalue weighted by Gasteiger charge is 2.16. The second-order valence-electron chi connectivity index (χ2n) is 6.81. The van der Waals surface area contributed by atoms with Crippen LogP contribution in [0.25, 0.3) is 0 Å². The van der Waals surface area contributed by atoms with Crippen molar-refractivity contribution in [3.8, 4) is 0 Å². The molecule has 0 atom stereocenters. The van der Waals surface area contributed by atoms with E-state index in [0.29, 0.717) is 12.2 Å². The van der Waals surface area contributed by atoms with Crippen molar-refractivity contribution in [2.45, 2.75) is 26.3 Å². The number of anilines is 2. The molecule has 8 heteroatoms. The van der Waals surface area contributed by atoms with Crippen LogP contribution >= 0.6 is 0 Å². The third-order valence-electron chi connectivity index (χ3n) is 4.71. The number of nitro benzene ring substituents is 1. The number of amides is 2. The highest BCUT2D eigenvalue weighted by molar-refractivity contribution is 5.89. The highest BCUT2D eigenvalue weighted by Crippen LogP contribution is 2.21. The number of carbonyl (C=O) groups is 1. The number of aromatic nitrogens is 1. The lowest BCUT2D eigenvalue weighted by Gasteiger charge is -2.31. The largest absolute Gasteiger partial charge is 0.357 e. The van der Waals surface area contributed by atoms with E-state index < -0.39 is 4.92 Å². The maximum atomic E-state index is 12.0. The standard InChI is InChI=1S/C19H23N5O3/c1-14-8-10-23(11-9-14)18-7-2-15(12-20-18)13-21-19(25)22-16-3-5-17(6-4-16)24(26)27/h2-7,12,14H,8-11,13H2,1H3,(H2,21,22,25). The molecule has 1 fully saturated rings. The number of hydrogen-bond acceptors (Lipinski definition) is 5. The summed E-state index contributed by atoms with van der Waals surface area (Å²) >= 11 is 0. The first-order chi connectivity index (χ1) is 13.0. The van der Waals surface area contributed by atoms with E-state index in [0.717, 1.165) is 30.4 Å². The third kappa shape index (κ3) is 5.16. The fraction of sp³-hybridized carbons (Fsp3) is 0.368. The minimum atomic E-state index is -0.481. The van der Waals surface area contributed by atoms with Crippen LogP contribution in [-0.2, 0) is 6.54 Å². The Morgan fingerprint density at radius 2 is 1.93 bits per heavy atom. The molecule has 1 saturated heterocycles. The van der Waals surface area contributed by atoms with Gasteiger partial charge in [0.1, 0.15) is 5.82 Å². The van der Waals surface area contributed by atoms with Crippen LogP contribution in [0.1, 0.15) is 25.3 Å². The van der Waals surface area contributed by atoms with Gasteiger partial charge in [0.05, 0.1) is 4.92 Å². The smallest absolute Gasteiger partial charge is 0.319 e. The summed E-state index contributed by atoms with van der Waals surface area (Å²) in [5, 5.41) is 16.0. The van der Waals surface area contributed by atoms with Crippen molar-refractivity contribution in [1.29, 1.82) is 0 Å². The van der Waals surface area contributed by atoms with Crippen molar-refractivity contribution in [3.05, 3.63) is 58.3 Å². The van der Waals surface area contributed by atoms with Crippen LogP contribution in [-0.4, -0.2) is 29.0 Å². The molecule has 8 nitrogen and oxygen atoms in total. The molecule has 27 heavy (non-hydrogen) atoms. The molecule has 1 aliphatic rings. The Bertz CT molecular complexity index is 784. The number of benzene rings is 1. The van der Waals surface area contributed by atoms with Crippen LogP contribution in [0.15, 0.2) is 42.6 Å². The monoisotopic (exact) mass is 369 g/mol. The molecule has 0 spiro atoms. The second-order valence-corrected chi connectivity index (χ2v) is 6.81. The summed E-state index contributed by atoms with van der Waals surface area (Å²) in [7, 11) is 0. The SMILES string of the molecule is CC1CCN(c2ccc(CNC(=O)Nc3ccc([N+](=O)[O-])cc3)cn2)CC1. The van der Waals surface area contributed by atoms with E-state index in [1.807, 2.05) is 12.1 Å². The van der Waals surface area contributed by atoms with Crippen LogP contribution in [0.4, 0.5) is 22.0 Å². The fourth-order valence-corrected chi connectivity index (χ4v) is 2.97. The van der Waals surface area contributed by atoms with Crippen molar-refractivity contribution >= 4 is 23.2 Å². The van der Waals surface area contributed by atoms with Crippen LogP contribution in [0, 0.1) is 16.0 Å². The molecule has 1 aromatic carbocycles. The Labute approximate surface area is 157 Å². The molecule has 0 saturated carbocycles. The van der Waals surface area contributed by atoms with Crippen molar-refractivity contribution in [2.24, 2.45) is 5.92 Å². The number of nitrogens with one attached hydrogen (secondary N) is 2. The van der Waals surface area contributed by atoms with Crippen molar-refractivity contribution < 1.29 is 9.72 Å². The normalized spacial score (nSPS) is 14.6. The minimum Gasteiger partial charge on any atom is -0.357 e. The first kappa shape index (κ1) is 18.6. The molecule has 3 rings (SSSR count). The van der Waals surface area contributed by atoms with Gasteiger partial charge in [0.25, 0.3) is 5.69 Å². The first-order valence-electron chi connectivity index (χ1n) is 9.00. The van der Waals surface area contributed by atoms with Gasteiger partial charge >= 0.3 is 6.03 Å². The number of urea groups is 1. The molecular weight excluding hydrogens is 346 g/mol. The van der Waals surface area contributed by atoms with Crippen molar-refractivity contribution in [1.82, 2.24) is 10.3 Å². The van der Waals surface area contributed by atoms with Crippen LogP contribution < -0.4 is 15.5 Å². The van der Waals surface area contributed by atoms with Crippen molar-refractivity contribution in [3.63, 3.8) is 0 Å². The zero-order chi connectivity index (χ0) is 19.2. The molecule has 0 aliphatic carbocycles. The Morgan fingerprint density at radius 3 is 2.52 bits per heavy atom. The molecule has 2 aromatic rings. The number of carbonyl (C=O) groups excluding carboxylic acids is 1. The zero-order valence-electron chi connectivity index (χ0n) is 15.2. The number of pyridine rings is 1. The molecular formula is C19H23N5O3. The lowest BCUT2D eigenvalue weighted by molar-refractivity contribution is -0.384. The average Bonchev–Trinajstić information content (AvgIpc) is 2.68.